The minimum absolute atomic E-state index is 0.268. The summed E-state index contributed by atoms with van der Waals surface area (Å²) in [5.41, 5.74) is 3.44. The third-order valence-electron chi connectivity index (χ3n) is 6.84. The number of nitrogens with zero attached hydrogens (tertiary/aromatic N) is 4. The van der Waals surface area contributed by atoms with Crippen LogP contribution in [-0.4, -0.2) is 48.8 Å². The number of benzene rings is 3. The van der Waals surface area contributed by atoms with Crippen molar-refractivity contribution in [2.24, 2.45) is 0 Å². The molecule has 226 valence electrons. The molecule has 0 saturated carbocycles. The number of aromatic nitrogens is 2. The zero-order chi connectivity index (χ0) is 30.9. The average molecular weight is 723 g/mol. The summed E-state index contributed by atoms with van der Waals surface area (Å²) in [6.45, 7) is 6.80. The van der Waals surface area contributed by atoms with Crippen LogP contribution >= 0.6 is 39.1 Å². The van der Waals surface area contributed by atoms with E-state index in [0.717, 1.165) is 36.1 Å². The highest BCUT2D eigenvalue weighted by atomic mass is 79.9. The van der Waals surface area contributed by atoms with Gasteiger partial charge in [-0.2, -0.15) is 12.7 Å². The Morgan fingerprint density at radius 1 is 1.00 bits per heavy atom. The Bertz CT molecular complexity index is 1780. The van der Waals surface area contributed by atoms with Crippen LogP contribution in [0.4, 0.5) is 5.69 Å². The molecular formula is C30H31BrCl2N4O4SSi. The summed E-state index contributed by atoms with van der Waals surface area (Å²) in [5, 5.41) is 11.6. The average Bonchev–Trinajstić information content (AvgIpc) is 3.45. The number of rotatable bonds is 10. The second-order valence-corrected chi connectivity index (χ2v) is 20.5. The largest absolute Gasteiger partial charge is 0.493 e. The van der Waals surface area contributed by atoms with Gasteiger partial charge in [0, 0.05) is 48.0 Å². The SMILES string of the molecule is C[Si](C)(C)CCOCN1C(O)=CN(c2cccc(-n3cc(-c4ccc(Cl)cc4Cl)nc3Cc3ccc(Br)cc3)c2)S1(=O)=O. The lowest BCUT2D eigenvalue weighted by molar-refractivity contribution is 0.0747. The van der Waals surface area contributed by atoms with Crippen molar-refractivity contribution in [3.63, 3.8) is 0 Å². The molecule has 1 aliphatic rings. The molecule has 1 N–H and O–H groups in total. The van der Waals surface area contributed by atoms with Crippen LogP contribution in [0.2, 0.25) is 35.7 Å². The van der Waals surface area contributed by atoms with E-state index in [1.54, 1.807) is 30.3 Å². The lowest BCUT2D eigenvalue weighted by atomic mass is 10.1. The first kappa shape index (κ1) is 31.6. The van der Waals surface area contributed by atoms with Crippen LogP contribution in [0, 0.1) is 0 Å². The van der Waals surface area contributed by atoms with Gasteiger partial charge in [-0.25, -0.2) is 9.29 Å². The van der Waals surface area contributed by atoms with Gasteiger partial charge in [-0.3, -0.25) is 0 Å². The number of halogens is 3. The highest BCUT2D eigenvalue weighted by Gasteiger charge is 2.38. The molecule has 0 radical (unpaired) electrons. The van der Waals surface area contributed by atoms with Crippen molar-refractivity contribution in [1.82, 2.24) is 13.9 Å². The topological polar surface area (TPSA) is 87.9 Å². The Balaban J connectivity index is 1.48. The summed E-state index contributed by atoms with van der Waals surface area (Å²) in [6, 6.07) is 21.1. The standard InChI is InChI=1S/C30H31BrCl2N4O4SSi/c1-43(2,3)14-13-41-20-37-30(38)19-36(42(37,39)40)25-6-4-5-24(17-25)35-18-28(26-12-11-23(32)16-27(26)33)34-29(35)15-21-7-9-22(31)10-8-21/h4-12,16-19,38H,13-15,20H2,1-3H3. The van der Waals surface area contributed by atoms with E-state index < -0.39 is 24.2 Å². The van der Waals surface area contributed by atoms with E-state index in [1.807, 2.05) is 47.2 Å². The minimum atomic E-state index is -4.10. The molecule has 8 nitrogen and oxygen atoms in total. The van der Waals surface area contributed by atoms with E-state index >= 15 is 0 Å². The van der Waals surface area contributed by atoms with Gasteiger partial charge in [0.1, 0.15) is 12.6 Å². The number of imidazole rings is 1. The predicted molar refractivity (Wildman–Crippen MR) is 179 cm³/mol. The van der Waals surface area contributed by atoms with Gasteiger partial charge in [-0.15, -0.1) is 0 Å². The van der Waals surface area contributed by atoms with E-state index in [2.05, 4.69) is 35.6 Å². The van der Waals surface area contributed by atoms with Crippen molar-refractivity contribution in [3.05, 3.63) is 111 Å². The zero-order valence-corrected chi connectivity index (χ0v) is 28.8. The van der Waals surface area contributed by atoms with Crippen LogP contribution < -0.4 is 4.31 Å². The van der Waals surface area contributed by atoms with Crippen molar-refractivity contribution in [1.29, 1.82) is 0 Å². The normalized spacial score (nSPS) is 14.8. The van der Waals surface area contributed by atoms with E-state index in [9.17, 15) is 13.5 Å². The third-order valence-corrected chi connectivity index (χ3v) is 11.3. The van der Waals surface area contributed by atoms with Gasteiger partial charge in [-0.05, 0) is 60.1 Å². The Morgan fingerprint density at radius 3 is 2.42 bits per heavy atom. The first-order chi connectivity index (χ1) is 20.3. The zero-order valence-electron chi connectivity index (χ0n) is 23.8. The minimum Gasteiger partial charge on any atom is -0.493 e. The van der Waals surface area contributed by atoms with E-state index in [1.165, 1.54) is 6.20 Å². The molecule has 0 bridgehead atoms. The fourth-order valence-corrected chi connectivity index (χ4v) is 7.32. The first-order valence-electron chi connectivity index (χ1n) is 13.5. The fraction of sp³-hybridized carbons (Fsp3) is 0.233. The number of hydrogen-bond donors (Lipinski definition) is 1. The van der Waals surface area contributed by atoms with Crippen LogP contribution in [0.5, 0.6) is 0 Å². The van der Waals surface area contributed by atoms with Crippen molar-refractivity contribution in [2.45, 2.75) is 32.1 Å². The molecule has 0 amide bonds. The summed E-state index contributed by atoms with van der Waals surface area (Å²) in [6.07, 6.45) is 3.56. The van der Waals surface area contributed by atoms with Crippen LogP contribution in [-0.2, 0) is 21.4 Å². The number of aliphatic hydroxyl groups is 1. The molecule has 0 spiro atoms. The predicted octanol–water partition coefficient (Wildman–Crippen LogP) is 8.24. The molecular weight excluding hydrogens is 691 g/mol. The third kappa shape index (κ3) is 7.30. The highest BCUT2D eigenvalue weighted by Crippen LogP contribution is 2.34. The van der Waals surface area contributed by atoms with Gasteiger partial charge in [0.2, 0.25) is 5.88 Å². The second-order valence-electron chi connectivity index (χ2n) is 11.3. The van der Waals surface area contributed by atoms with Crippen LogP contribution in [0.15, 0.2) is 89.5 Å². The van der Waals surface area contributed by atoms with Crippen molar-refractivity contribution in [3.8, 4) is 16.9 Å². The van der Waals surface area contributed by atoms with E-state index in [0.29, 0.717) is 40.1 Å². The summed E-state index contributed by atoms with van der Waals surface area (Å²) in [5.74, 6) is 0.317. The number of aliphatic hydroxyl groups excluding tert-OH is 1. The maximum absolute atomic E-state index is 13.5. The number of ether oxygens (including phenoxy) is 1. The van der Waals surface area contributed by atoms with Gasteiger partial charge < -0.3 is 14.4 Å². The molecule has 1 aromatic heterocycles. The highest BCUT2D eigenvalue weighted by molar-refractivity contribution is 9.10. The molecule has 2 heterocycles. The van der Waals surface area contributed by atoms with Crippen molar-refractivity contribution < 1.29 is 18.3 Å². The molecule has 0 atom stereocenters. The molecule has 0 aliphatic carbocycles. The Labute approximate surface area is 271 Å². The summed E-state index contributed by atoms with van der Waals surface area (Å²) in [4.78, 5) is 4.92. The maximum Gasteiger partial charge on any atom is 0.334 e. The summed E-state index contributed by atoms with van der Waals surface area (Å²) in [7, 11) is -5.46. The molecule has 0 unspecified atom stereocenters. The summed E-state index contributed by atoms with van der Waals surface area (Å²) < 4.78 is 37.3. The lowest BCUT2D eigenvalue weighted by Gasteiger charge is -2.23. The molecule has 43 heavy (non-hydrogen) atoms. The number of anilines is 1. The smallest absolute Gasteiger partial charge is 0.334 e. The molecule has 1 aliphatic heterocycles. The maximum atomic E-state index is 13.5. The first-order valence-corrected chi connectivity index (χ1v) is 20.2. The number of hydrogen-bond acceptors (Lipinski definition) is 5. The van der Waals surface area contributed by atoms with Gasteiger partial charge in [-0.1, -0.05) is 77.0 Å². The van der Waals surface area contributed by atoms with Gasteiger partial charge >= 0.3 is 10.2 Å². The van der Waals surface area contributed by atoms with Crippen LogP contribution in [0.3, 0.4) is 0 Å². The molecule has 3 aromatic carbocycles. The van der Waals surface area contributed by atoms with E-state index in [4.69, 9.17) is 32.9 Å². The molecule has 0 fully saturated rings. The fourth-order valence-electron chi connectivity index (χ4n) is 4.49. The Hall–Kier alpha value is -2.80. The van der Waals surface area contributed by atoms with E-state index in [-0.39, 0.29) is 6.73 Å². The molecule has 0 saturated heterocycles. The lowest BCUT2D eigenvalue weighted by Crippen LogP contribution is -2.36. The van der Waals surface area contributed by atoms with Crippen LogP contribution in [0.1, 0.15) is 11.4 Å². The monoisotopic (exact) mass is 720 g/mol. The van der Waals surface area contributed by atoms with Crippen LogP contribution in [0.25, 0.3) is 16.9 Å². The molecule has 5 rings (SSSR count). The van der Waals surface area contributed by atoms with Gasteiger partial charge in [0.15, 0.2) is 0 Å². The quantitative estimate of drug-likeness (QED) is 0.132. The van der Waals surface area contributed by atoms with Gasteiger partial charge in [0.05, 0.1) is 22.6 Å². The van der Waals surface area contributed by atoms with Crippen molar-refractivity contribution >= 4 is 63.1 Å². The Morgan fingerprint density at radius 2 is 1.72 bits per heavy atom. The Kier molecular flexibility index (Phi) is 9.31. The van der Waals surface area contributed by atoms with Gasteiger partial charge in [0.25, 0.3) is 0 Å². The second kappa shape index (κ2) is 12.7. The van der Waals surface area contributed by atoms with Crippen molar-refractivity contribution in [2.75, 3.05) is 17.6 Å². The summed E-state index contributed by atoms with van der Waals surface area (Å²) >= 11 is 16.1. The molecule has 4 aromatic rings. The molecule has 13 heteroatoms.